The first-order chi connectivity index (χ1) is 9.18. The molecule has 0 saturated heterocycles. The fourth-order valence-corrected chi connectivity index (χ4v) is 2.26. The van der Waals surface area contributed by atoms with Crippen molar-refractivity contribution in [3.05, 3.63) is 35.4 Å². The van der Waals surface area contributed by atoms with Gasteiger partial charge in [0.1, 0.15) is 0 Å². The van der Waals surface area contributed by atoms with Crippen LogP contribution in [0.25, 0.3) is 0 Å². The average molecular weight is 263 g/mol. The van der Waals surface area contributed by atoms with Gasteiger partial charge in [0.15, 0.2) is 0 Å². The highest BCUT2D eigenvalue weighted by atomic mass is 16.7. The molecule has 1 saturated carbocycles. The highest BCUT2D eigenvalue weighted by Gasteiger charge is 2.19. The Kier molecular flexibility index (Phi) is 4.52. The summed E-state index contributed by atoms with van der Waals surface area (Å²) in [6, 6.07) is 6.21. The number of carbonyl (C=O) groups excluding carboxylic acids is 1. The van der Waals surface area contributed by atoms with Crippen molar-refractivity contribution in [3.8, 4) is 0 Å². The molecule has 0 aliphatic heterocycles. The molecular weight excluding hydrogens is 246 g/mol. The van der Waals surface area contributed by atoms with Crippen molar-refractivity contribution in [1.29, 1.82) is 0 Å². The maximum atomic E-state index is 11.9. The van der Waals surface area contributed by atoms with E-state index in [9.17, 15) is 9.59 Å². The Hall–Kier alpha value is -1.88. The lowest BCUT2D eigenvalue weighted by Gasteiger charge is -2.21. The van der Waals surface area contributed by atoms with Crippen molar-refractivity contribution >= 4 is 11.9 Å². The van der Waals surface area contributed by atoms with Crippen LogP contribution in [0.1, 0.15) is 52.8 Å². The summed E-state index contributed by atoms with van der Waals surface area (Å²) in [6.45, 7) is 0. The van der Waals surface area contributed by atoms with Crippen LogP contribution in [0.5, 0.6) is 0 Å². The van der Waals surface area contributed by atoms with Crippen LogP contribution in [0, 0.1) is 0 Å². The largest absolute Gasteiger partial charge is 0.478 e. The highest BCUT2D eigenvalue weighted by Crippen LogP contribution is 2.17. The zero-order valence-corrected chi connectivity index (χ0v) is 10.6. The van der Waals surface area contributed by atoms with E-state index >= 15 is 0 Å². The van der Waals surface area contributed by atoms with E-state index in [-0.39, 0.29) is 17.2 Å². The monoisotopic (exact) mass is 263 g/mol. The number of aromatic carboxylic acids is 1. The molecule has 0 spiro atoms. The number of carbonyl (C=O) groups is 2. The van der Waals surface area contributed by atoms with Crippen LogP contribution >= 0.6 is 0 Å². The number of hydroxylamine groups is 1. The van der Waals surface area contributed by atoms with Crippen LogP contribution in [-0.2, 0) is 4.84 Å². The van der Waals surface area contributed by atoms with E-state index in [4.69, 9.17) is 9.94 Å². The van der Waals surface area contributed by atoms with Gasteiger partial charge in [0, 0.05) is 6.04 Å². The molecular formula is C14H17NO4. The zero-order valence-electron chi connectivity index (χ0n) is 10.6. The summed E-state index contributed by atoms with van der Waals surface area (Å²) in [5, 5.41) is 9.00. The maximum absolute atomic E-state index is 11.9. The second-order valence-corrected chi connectivity index (χ2v) is 4.69. The van der Waals surface area contributed by atoms with Crippen molar-refractivity contribution in [2.75, 3.05) is 0 Å². The number of rotatable bonds is 4. The predicted octanol–water partition coefficient (Wildman–Crippen LogP) is 2.38. The highest BCUT2D eigenvalue weighted by molar-refractivity contribution is 6.02. The molecule has 2 rings (SSSR count). The molecule has 0 atom stereocenters. The van der Waals surface area contributed by atoms with Crippen molar-refractivity contribution in [2.24, 2.45) is 0 Å². The van der Waals surface area contributed by atoms with Gasteiger partial charge in [0.25, 0.3) is 0 Å². The van der Waals surface area contributed by atoms with E-state index in [0.29, 0.717) is 0 Å². The molecule has 1 aromatic carbocycles. The summed E-state index contributed by atoms with van der Waals surface area (Å²) in [7, 11) is 0. The van der Waals surface area contributed by atoms with Gasteiger partial charge in [-0.25, -0.2) is 9.59 Å². The number of benzene rings is 1. The first kappa shape index (κ1) is 13.5. The van der Waals surface area contributed by atoms with E-state index in [0.717, 1.165) is 25.7 Å². The number of nitrogens with one attached hydrogen (secondary N) is 1. The first-order valence-corrected chi connectivity index (χ1v) is 6.47. The summed E-state index contributed by atoms with van der Waals surface area (Å²) in [4.78, 5) is 27.9. The van der Waals surface area contributed by atoms with E-state index in [2.05, 4.69) is 5.48 Å². The number of carboxylic acid groups (broad SMARTS) is 1. The molecule has 2 N–H and O–H groups in total. The lowest BCUT2D eigenvalue weighted by molar-refractivity contribution is 0.0110. The van der Waals surface area contributed by atoms with E-state index in [1.807, 2.05) is 0 Å². The van der Waals surface area contributed by atoms with Gasteiger partial charge in [0.05, 0.1) is 11.1 Å². The molecule has 19 heavy (non-hydrogen) atoms. The van der Waals surface area contributed by atoms with Crippen molar-refractivity contribution in [2.45, 2.75) is 38.1 Å². The fourth-order valence-electron chi connectivity index (χ4n) is 2.26. The molecule has 0 amide bonds. The third-order valence-electron chi connectivity index (χ3n) is 3.30. The van der Waals surface area contributed by atoms with Gasteiger partial charge in [-0.1, -0.05) is 31.4 Å². The van der Waals surface area contributed by atoms with Crippen LogP contribution in [0.4, 0.5) is 0 Å². The third-order valence-corrected chi connectivity index (χ3v) is 3.30. The maximum Gasteiger partial charge on any atom is 0.357 e. The first-order valence-electron chi connectivity index (χ1n) is 6.47. The summed E-state index contributed by atoms with van der Waals surface area (Å²) >= 11 is 0. The van der Waals surface area contributed by atoms with Gasteiger partial charge in [-0.3, -0.25) is 0 Å². The molecule has 1 fully saturated rings. The Labute approximate surface area is 111 Å². The molecule has 1 aliphatic carbocycles. The number of hydrogen-bond donors (Lipinski definition) is 2. The van der Waals surface area contributed by atoms with Crippen molar-refractivity contribution < 1.29 is 19.5 Å². The van der Waals surface area contributed by atoms with Crippen LogP contribution < -0.4 is 5.48 Å². The fraction of sp³-hybridized carbons (Fsp3) is 0.429. The average Bonchev–Trinajstić information content (AvgIpc) is 2.46. The van der Waals surface area contributed by atoms with Crippen molar-refractivity contribution in [1.82, 2.24) is 5.48 Å². The van der Waals surface area contributed by atoms with E-state index in [1.54, 1.807) is 12.1 Å². The molecule has 5 heteroatoms. The Morgan fingerprint density at radius 3 is 2.37 bits per heavy atom. The Balaban J connectivity index is 1.97. The number of carboxylic acids is 1. The SMILES string of the molecule is O=C(O)c1ccccc1C(=O)ONC1CCCCC1. The zero-order chi connectivity index (χ0) is 13.7. The standard InChI is InChI=1S/C14H17NO4/c16-13(17)11-8-4-5-9-12(11)14(18)19-15-10-6-2-1-3-7-10/h4-5,8-10,15H,1-3,6-7H2,(H,16,17). The van der Waals surface area contributed by atoms with Gasteiger partial charge >= 0.3 is 11.9 Å². The molecule has 1 aromatic rings. The Morgan fingerprint density at radius 2 is 1.74 bits per heavy atom. The quantitative estimate of drug-likeness (QED) is 0.816. The lowest BCUT2D eigenvalue weighted by atomic mass is 9.96. The Morgan fingerprint density at radius 1 is 1.11 bits per heavy atom. The van der Waals surface area contributed by atoms with E-state index < -0.39 is 11.9 Å². The van der Waals surface area contributed by atoms with Crippen LogP contribution in [0.15, 0.2) is 24.3 Å². The second-order valence-electron chi connectivity index (χ2n) is 4.69. The van der Waals surface area contributed by atoms with Gasteiger partial charge < -0.3 is 9.94 Å². The molecule has 1 aliphatic rings. The minimum absolute atomic E-state index is 0.0436. The molecule has 0 unspecified atom stereocenters. The topological polar surface area (TPSA) is 75.6 Å². The minimum atomic E-state index is -1.13. The molecule has 0 radical (unpaired) electrons. The molecule has 0 heterocycles. The third kappa shape index (κ3) is 3.54. The predicted molar refractivity (Wildman–Crippen MR) is 68.8 cm³/mol. The Bertz CT molecular complexity index is 466. The van der Waals surface area contributed by atoms with Gasteiger partial charge in [-0.05, 0) is 25.0 Å². The summed E-state index contributed by atoms with van der Waals surface area (Å²) in [6.07, 6.45) is 5.43. The molecule has 102 valence electrons. The smallest absolute Gasteiger partial charge is 0.357 e. The molecule has 0 bridgehead atoms. The van der Waals surface area contributed by atoms with Crippen molar-refractivity contribution in [3.63, 3.8) is 0 Å². The van der Waals surface area contributed by atoms with Gasteiger partial charge in [-0.15, -0.1) is 5.48 Å². The van der Waals surface area contributed by atoms with Crippen LogP contribution in [-0.4, -0.2) is 23.1 Å². The molecule has 5 nitrogen and oxygen atoms in total. The summed E-state index contributed by atoms with van der Waals surface area (Å²) in [5.74, 6) is -1.78. The van der Waals surface area contributed by atoms with Crippen LogP contribution in [0.3, 0.4) is 0 Å². The lowest BCUT2D eigenvalue weighted by Crippen LogP contribution is -2.33. The van der Waals surface area contributed by atoms with Gasteiger partial charge in [-0.2, -0.15) is 0 Å². The summed E-state index contributed by atoms with van der Waals surface area (Å²) < 4.78 is 0. The van der Waals surface area contributed by atoms with E-state index in [1.165, 1.54) is 18.6 Å². The minimum Gasteiger partial charge on any atom is -0.478 e. The number of hydrogen-bond acceptors (Lipinski definition) is 4. The molecule has 0 aromatic heterocycles. The normalized spacial score (nSPS) is 16.0. The van der Waals surface area contributed by atoms with Gasteiger partial charge in [0.2, 0.25) is 0 Å². The second kappa shape index (κ2) is 6.33. The van der Waals surface area contributed by atoms with Crippen LogP contribution in [0.2, 0.25) is 0 Å². The summed E-state index contributed by atoms with van der Waals surface area (Å²) in [5.41, 5.74) is 2.77.